The molecule has 5 nitrogen and oxygen atoms in total. The van der Waals surface area contributed by atoms with Crippen molar-refractivity contribution in [1.29, 1.82) is 0 Å². The van der Waals surface area contributed by atoms with Crippen LogP contribution in [0.5, 0.6) is 0 Å². The van der Waals surface area contributed by atoms with Crippen molar-refractivity contribution in [2.45, 2.75) is 72.6 Å². The molecule has 158 valence electrons. The van der Waals surface area contributed by atoms with Crippen molar-refractivity contribution in [1.82, 2.24) is 9.97 Å². The number of hydrogen-bond acceptors (Lipinski definition) is 5. The Morgan fingerprint density at radius 3 is 1.86 bits per heavy atom. The lowest BCUT2D eigenvalue weighted by molar-refractivity contribution is 0.0525. The first kappa shape index (κ1) is 22.9. The first-order valence-electron chi connectivity index (χ1n) is 10.4. The number of ether oxygens (including phenoxy) is 1. The van der Waals surface area contributed by atoms with Crippen LogP contribution in [0.15, 0.2) is 30.6 Å². The van der Waals surface area contributed by atoms with Crippen LogP contribution in [-0.4, -0.2) is 29.1 Å². The lowest BCUT2D eigenvalue weighted by Crippen LogP contribution is -2.23. The van der Waals surface area contributed by atoms with E-state index in [1.165, 1.54) is 11.1 Å². The van der Waals surface area contributed by atoms with Crippen LogP contribution >= 0.6 is 0 Å². The molecule has 0 fully saturated rings. The van der Waals surface area contributed by atoms with Crippen LogP contribution in [0.25, 0.3) is 0 Å². The summed E-state index contributed by atoms with van der Waals surface area (Å²) in [6.07, 6.45) is 4.04. The minimum Gasteiger partial charge on any atom is -0.462 e. The van der Waals surface area contributed by atoms with Crippen LogP contribution in [0.4, 0.5) is 11.6 Å². The fraction of sp³-hybridized carbons (Fsp3) is 0.542. The van der Waals surface area contributed by atoms with Crippen LogP contribution in [0, 0.1) is 0 Å². The number of esters is 1. The molecule has 0 unspecified atom stereocenters. The Bertz CT molecular complexity index is 798. The third-order valence-corrected chi connectivity index (χ3v) is 4.80. The first-order valence-corrected chi connectivity index (χ1v) is 10.4. The Morgan fingerprint density at radius 2 is 1.45 bits per heavy atom. The van der Waals surface area contributed by atoms with Crippen molar-refractivity contribution in [2.75, 3.05) is 18.1 Å². The Kier molecular flexibility index (Phi) is 7.04. The van der Waals surface area contributed by atoms with Gasteiger partial charge in [-0.1, -0.05) is 54.5 Å². The summed E-state index contributed by atoms with van der Waals surface area (Å²) in [4.78, 5) is 23.0. The van der Waals surface area contributed by atoms with E-state index in [-0.39, 0.29) is 10.8 Å². The maximum atomic E-state index is 11.9. The fourth-order valence-corrected chi connectivity index (χ4v) is 2.98. The fourth-order valence-electron chi connectivity index (χ4n) is 2.98. The highest BCUT2D eigenvalue weighted by Crippen LogP contribution is 2.35. The van der Waals surface area contributed by atoms with Crippen molar-refractivity contribution in [3.63, 3.8) is 0 Å². The van der Waals surface area contributed by atoms with Gasteiger partial charge in [0.25, 0.3) is 0 Å². The van der Waals surface area contributed by atoms with E-state index in [4.69, 9.17) is 4.74 Å². The van der Waals surface area contributed by atoms with Gasteiger partial charge in [0, 0.05) is 24.6 Å². The number of nitrogens with zero attached hydrogens (tertiary/aromatic N) is 3. The van der Waals surface area contributed by atoms with Gasteiger partial charge in [-0.3, -0.25) is 0 Å². The second-order valence-corrected chi connectivity index (χ2v) is 9.41. The van der Waals surface area contributed by atoms with Crippen molar-refractivity contribution in [2.24, 2.45) is 0 Å². The molecule has 1 aromatic carbocycles. The summed E-state index contributed by atoms with van der Waals surface area (Å²) in [6.45, 7) is 18.4. The number of benzene rings is 1. The number of anilines is 2. The third kappa shape index (κ3) is 5.78. The summed E-state index contributed by atoms with van der Waals surface area (Å²) in [7, 11) is 0. The maximum Gasteiger partial charge on any atom is 0.341 e. The molecule has 29 heavy (non-hydrogen) atoms. The van der Waals surface area contributed by atoms with E-state index in [2.05, 4.69) is 81.5 Å². The van der Waals surface area contributed by atoms with Gasteiger partial charge in [0.05, 0.1) is 12.2 Å². The van der Waals surface area contributed by atoms with Crippen LogP contribution in [0.2, 0.25) is 0 Å². The zero-order chi connectivity index (χ0) is 21.8. The average molecular weight is 398 g/mol. The molecule has 5 heteroatoms. The number of aromatic nitrogens is 2. The van der Waals surface area contributed by atoms with Gasteiger partial charge in [0.15, 0.2) is 0 Å². The highest BCUT2D eigenvalue weighted by molar-refractivity contribution is 5.88. The van der Waals surface area contributed by atoms with E-state index in [1.54, 1.807) is 19.3 Å². The molecule has 0 aliphatic heterocycles. The molecule has 0 amide bonds. The van der Waals surface area contributed by atoms with Gasteiger partial charge >= 0.3 is 5.97 Å². The van der Waals surface area contributed by atoms with Gasteiger partial charge in [-0.05, 0) is 47.4 Å². The molecule has 0 saturated heterocycles. The highest BCUT2D eigenvalue weighted by atomic mass is 16.5. The number of rotatable bonds is 6. The Labute approximate surface area is 175 Å². The summed E-state index contributed by atoms with van der Waals surface area (Å²) in [5, 5.41) is 0. The Balaban J connectivity index is 2.53. The van der Waals surface area contributed by atoms with Crippen molar-refractivity contribution >= 4 is 17.6 Å². The maximum absolute atomic E-state index is 11.9. The second kappa shape index (κ2) is 8.93. The molecule has 1 aromatic heterocycles. The summed E-state index contributed by atoms with van der Waals surface area (Å²) in [6, 6.07) is 6.76. The Morgan fingerprint density at radius 1 is 0.931 bits per heavy atom. The summed E-state index contributed by atoms with van der Waals surface area (Å²) in [5.74, 6) is 0.191. The van der Waals surface area contributed by atoms with Crippen LogP contribution in [0.3, 0.4) is 0 Å². The lowest BCUT2D eigenvalue weighted by Gasteiger charge is -2.30. The van der Waals surface area contributed by atoms with Crippen molar-refractivity contribution in [3.8, 4) is 0 Å². The smallest absolute Gasteiger partial charge is 0.341 e. The predicted octanol–water partition coefficient (Wildman–Crippen LogP) is 5.80. The SMILES string of the molecule is CCCN(c1cc(C(C)(C)C)cc(C(C)(C)C)c1)c1ncc(C(=O)OCC)cn1. The molecule has 0 spiro atoms. The third-order valence-electron chi connectivity index (χ3n) is 4.80. The van der Waals surface area contributed by atoms with Crippen molar-refractivity contribution < 1.29 is 9.53 Å². The molecule has 0 N–H and O–H groups in total. The topological polar surface area (TPSA) is 55.3 Å². The zero-order valence-corrected chi connectivity index (χ0v) is 19.2. The molecule has 2 rings (SSSR count). The normalized spacial score (nSPS) is 12.0. The van der Waals surface area contributed by atoms with E-state index in [0.717, 1.165) is 18.7 Å². The average Bonchev–Trinajstić information content (AvgIpc) is 2.64. The van der Waals surface area contributed by atoms with Gasteiger partial charge in [-0.2, -0.15) is 0 Å². The van der Waals surface area contributed by atoms with Gasteiger partial charge in [0.2, 0.25) is 5.95 Å². The van der Waals surface area contributed by atoms with E-state index < -0.39 is 5.97 Å². The minimum atomic E-state index is -0.397. The molecule has 0 aliphatic rings. The molecule has 0 bridgehead atoms. The van der Waals surface area contributed by atoms with Crippen molar-refractivity contribution in [3.05, 3.63) is 47.3 Å². The molecule has 0 saturated carbocycles. The minimum absolute atomic E-state index is 0.0303. The summed E-state index contributed by atoms with van der Waals surface area (Å²) < 4.78 is 5.03. The predicted molar refractivity (Wildman–Crippen MR) is 119 cm³/mol. The monoisotopic (exact) mass is 397 g/mol. The molecule has 2 aromatic rings. The second-order valence-electron chi connectivity index (χ2n) is 9.41. The number of hydrogen-bond donors (Lipinski definition) is 0. The largest absolute Gasteiger partial charge is 0.462 e. The standard InChI is InChI=1S/C24H35N3O2/c1-9-11-27(22-25-15-17(16-26-22)21(28)29-10-2)20-13-18(23(3,4)5)12-19(14-20)24(6,7)8/h12-16H,9-11H2,1-8H3. The lowest BCUT2D eigenvalue weighted by atomic mass is 9.80. The molecule has 0 atom stereocenters. The van der Waals surface area contributed by atoms with Gasteiger partial charge in [0.1, 0.15) is 0 Å². The number of carbonyl (C=O) groups excluding carboxylic acids is 1. The molecule has 0 radical (unpaired) electrons. The number of carbonyl (C=O) groups is 1. The summed E-state index contributed by atoms with van der Waals surface area (Å²) in [5.41, 5.74) is 4.07. The van der Waals surface area contributed by atoms with E-state index in [1.807, 2.05) is 0 Å². The quantitative estimate of drug-likeness (QED) is 0.577. The van der Waals surface area contributed by atoms with Crippen LogP contribution < -0.4 is 4.90 Å². The molecule has 1 heterocycles. The van der Waals surface area contributed by atoms with Gasteiger partial charge in [-0.15, -0.1) is 0 Å². The van der Waals surface area contributed by atoms with Gasteiger partial charge < -0.3 is 9.64 Å². The summed E-state index contributed by atoms with van der Waals surface area (Å²) >= 11 is 0. The molecular formula is C24H35N3O2. The van der Waals surface area contributed by atoms with Gasteiger partial charge in [-0.25, -0.2) is 14.8 Å². The van der Waals surface area contributed by atoms with E-state index in [0.29, 0.717) is 18.1 Å². The first-order chi connectivity index (χ1) is 13.5. The van der Waals surface area contributed by atoms with E-state index in [9.17, 15) is 4.79 Å². The Hall–Kier alpha value is -2.43. The van der Waals surface area contributed by atoms with E-state index >= 15 is 0 Å². The van der Waals surface area contributed by atoms with Crippen LogP contribution in [-0.2, 0) is 15.6 Å². The molecular weight excluding hydrogens is 362 g/mol. The van der Waals surface area contributed by atoms with Crippen LogP contribution in [0.1, 0.15) is 83.3 Å². The molecule has 0 aliphatic carbocycles. The zero-order valence-electron chi connectivity index (χ0n) is 19.2. The highest BCUT2D eigenvalue weighted by Gasteiger charge is 2.23.